The van der Waals surface area contributed by atoms with Crippen LogP contribution in [0.3, 0.4) is 0 Å². The molecule has 0 bridgehead atoms. The molecule has 8 heteroatoms. The van der Waals surface area contributed by atoms with E-state index in [1.54, 1.807) is 4.90 Å². The first-order chi connectivity index (χ1) is 16.4. The normalized spacial score (nSPS) is 17.1. The van der Waals surface area contributed by atoms with Gasteiger partial charge in [-0.2, -0.15) is 0 Å². The third-order valence-electron chi connectivity index (χ3n) is 6.61. The van der Waals surface area contributed by atoms with E-state index in [4.69, 9.17) is 0 Å². The monoisotopic (exact) mass is 463 g/mol. The molecule has 2 N–H and O–H groups in total. The van der Waals surface area contributed by atoms with E-state index in [0.29, 0.717) is 19.5 Å². The van der Waals surface area contributed by atoms with E-state index < -0.39 is 0 Å². The van der Waals surface area contributed by atoms with Crippen molar-refractivity contribution >= 4 is 34.8 Å². The Labute approximate surface area is 200 Å². The van der Waals surface area contributed by atoms with E-state index in [1.165, 1.54) is 0 Å². The first-order valence-corrected chi connectivity index (χ1v) is 11.9. The van der Waals surface area contributed by atoms with Gasteiger partial charge in [0.15, 0.2) is 0 Å². The highest BCUT2D eigenvalue weighted by Crippen LogP contribution is 2.23. The fourth-order valence-electron chi connectivity index (χ4n) is 4.43. The highest BCUT2D eigenvalue weighted by molar-refractivity contribution is 5.96. The van der Waals surface area contributed by atoms with Crippen LogP contribution in [-0.2, 0) is 14.4 Å². The maximum atomic E-state index is 12.5. The van der Waals surface area contributed by atoms with Crippen LogP contribution in [0.1, 0.15) is 24.0 Å². The van der Waals surface area contributed by atoms with E-state index in [-0.39, 0.29) is 17.7 Å². The van der Waals surface area contributed by atoms with Gasteiger partial charge in [-0.3, -0.25) is 24.2 Å². The van der Waals surface area contributed by atoms with E-state index in [0.717, 1.165) is 67.3 Å². The van der Waals surface area contributed by atoms with Gasteiger partial charge in [0.25, 0.3) is 0 Å². The molecule has 0 unspecified atom stereocenters. The summed E-state index contributed by atoms with van der Waals surface area (Å²) >= 11 is 0. The number of benzene rings is 2. The molecule has 0 atom stereocenters. The number of hydrogen-bond acceptors (Lipinski definition) is 5. The first kappa shape index (κ1) is 23.9. The summed E-state index contributed by atoms with van der Waals surface area (Å²) < 4.78 is 0. The van der Waals surface area contributed by atoms with E-state index >= 15 is 0 Å². The summed E-state index contributed by atoms with van der Waals surface area (Å²) in [5.41, 5.74) is 4.70. The van der Waals surface area contributed by atoms with E-state index in [2.05, 4.69) is 20.4 Å². The lowest BCUT2D eigenvalue weighted by atomic mass is 10.1. The molecule has 0 aliphatic carbocycles. The maximum absolute atomic E-state index is 12.5. The molecule has 2 fully saturated rings. The van der Waals surface area contributed by atoms with Crippen LogP contribution in [0.4, 0.5) is 17.1 Å². The summed E-state index contributed by atoms with van der Waals surface area (Å²) in [6, 6.07) is 13.3. The minimum absolute atomic E-state index is 0.0148. The molecule has 180 valence electrons. The van der Waals surface area contributed by atoms with Crippen molar-refractivity contribution in [1.29, 1.82) is 0 Å². The number of hydrogen-bond donors (Lipinski definition) is 2. The highest BCUT2D eigenvalue weighted by atomic mass is 16.2. The van der Waals surface area contributed by atoms with Crippen LogP contribution in [0.5, 0.6) is 0 Å². The molecule has 8 nitrogen and oxygen atoms in total. The second kappa shape index (κ2) is 10.8. The lowest BCUT2D eigenvalue weighted by Gasteiger charge is -2.33. The van der Waals surface area contributed by atoms with Crippen molar-refractivity contribution in [3.63, 3.8) is 0 Å². The van der Waals surface area contributed by atoms with Gasteiger partial charge in [-0.1, -0.05) is 12.1 Å². The Kier molecular flexibility index (Phi) is 7.59. The molecular formula is C26H33N5O3. The molecule has 0 spiro atoms. The molecule has 2 aromatic carbocycles. The highest BCUT2D eigenvalue weighted by Gasteiger charge is 2.22. The van der Waals surface area contributed by atoms with E-state index in [1.807, 2.05) is 56.3 Å². The van der Waals surface area contributed by atoms with Crippen LogP contribution in [0.2, 0.25) is 0 Å². The summed E-state index contributed by atoms with van der Waals surface area (Å²) in [6.45, 7) is 8.42. The van der Waals surface area contributed by atoms with Crippen LogP contribution in [0.15, 0.2) is 42.5 Å². The molecule has 2 saturated heterocycles. The van der Waals surface area contributed by atoms with Crippen molar-refractivity contribution < 1.29 is 14.4 Å². The van der Waals surface area contributed by atoms with Gasteiger partial charge in [0.1, 0.15) is 0 Å². The SMILES string of the molecule is Cc1cccc(NC(=O)CN2CCN(CC(=O)Nc3ccc(N4CCCC4=O)cc3)CC2)c1C. The number of nitrogens with one attached hydrogen (secondary N) is 2. The Hall–Kier alpha value is -3.23. The zero-order chi connectivity index (χ0) is 24.1. The largest absolute Gasteiger partial charge is 0.325 e. The number of aryl methyl sites for hydroxylation is 1. The van der Waals surface area contributed by atoms with Crippen molar-refractivity contribution in [3.8, 4) is 0 Å². The Balaban J connectivity index is 1.19. The van der Waals surface area contributed by atoms with Crippen molar-refractivity contribution in [2.45, 2.75) is 26.7 Å². The maximum Gasteiger partial charge on any atom is 0.238 e. The Morgan fingerprint density at radius 1 is 0.824 bits per heavy atom. The van der Waals surface area contributed by atoms with Crippen molar-refractivity contribution in [2.75, 3.05) is 61.3 Å². The van der Waals surface area contributed by atoms with Crippen LogP contribution in [-0.4, -0.2) is 73.3 Å². The second-order valence-corrected chi connectivity index (χ2v) is 9.09. The molecule has 2 aliphatic heterocycles. The van der Waals surface area contributed by atoms with Gasteiger partial charge in [0, 0.05) is 56.2 Å². The predicted molar refractivity (Wildman–Crippen MR) is 134 cm³/mol. The van der Waals surface area contributed by atoms with Gasteiger partial charge in [0.05, 0.1) is 13.1 Å². The predicted octanol–water partition coefficient (Wildman–Crippen LogP) is 2.63. The minimum atomic E-state index is -0.0638. The summed E-state index contributed by atoms with van der Waals surface area (Å²) in [5, 5.41) is 5.95. The Morgan fingerprint density at radius 2 is 1.44 bits per heavy atom. The number of amides is 3. The van der Waals surface area contributed by atoms with Gasteiger partial charge in [-0.25, -0.2) is 0 Å². The summed E-state index contributed by atoms with van der Waals surface area (Å²) in [5.74, 6) is 0.0729. The summed E-state index contributed by atoms with van der Waals surface area (Å²) in [4.78, 5) is 42.9. The fraction of sp³-hybridized carbons (Fsp3) is 0.423. The molecule has 0 radical (unpaired) electrons. The third-order valence-corrected chi connectivity index (χ3v) is 6.61. The molecular weight excluding hydrogens is 430 g/mol. The molecule has 0 saturated carbocycles. The fourth-order valence-corrected chi connectivity index (χ4v) is 4.43. The van der Waals surface area contributed by atoms with Crippen molar-refractivity contribution in [1.82, 2.24) is 9.80 Å². The second-order valence-electron chi connectivity index (χ2n) is 9.09. The van der Waals surface area contributed by atoms with Gasteiger partial charge in [-0.05, 0) is 61.7 Å². The number of rotatable bonds is 7. The van der Waals surface area contributed by atoms with Crippen molar-refractivity contribution in [3.05, 3.63) is 53.6 Å². The number of piperazine rings is 1. The molecule has 0 aromatic heterocycles. The Morgan fingerprint density at radius 3 is 2.03 bits per heavy atom. The van der Waals surface area contributed by atoms with Crippen LogP contribution in [0, 0.1) is 13.8 Å². The summed E-state index contributed by atoms with van der Waals surface area (Å²) in [7, 11) is 0. The number of nitrogens with zero attached hydrogens (tertiary/aromatic N) is 3. The number of carbonyl (C=O) groups excluding carboxylic acids is 3. The van der Waals surface area contributed by atoms with Crippen LogP contribution < -0.4 is 15.5 Å². The molecule has 4 rings (SSSR count). The van der Waals surface area contributed by atoms with Crippen LogP contribution >= 0.6 is 0 Å². The van der Waals surface area contributed by atoms with Gasteiger partial charge < -0.3 is 15.5 Å². The zero-order valence-electron chi connectivity index (χ0n) is 20.0. The van der Waals surface area contributed by atoms with E-state index in [9.17, 15) is 14.4 Å². The van der Waals surface area contributed by atoms with Crippen LogP contribution in [0.25, 0.3) is 0 Å². The van der Waals surface area contributed by atoms with Gasteiger partial charge in [0.2, 0.25) is 17.7 Å². The topological polar surface area (TPSA) is 85.0 Å². The number of anilines is 3. The third kappa shape index (κ3) is 6.01. The van der Waals surface area contributed by atoms with Crippen molar-refractivity contribution in [2.24, 2.45) is 0 Å². The average molecular weight is 464 g/mol. The quantitative estimate of drug-likeness (QED) is 0.660. The molecule has 2 aliphatic rings. The first-order valence-electron chi connectivity index (χ1n) is 11.9. The minimum Gasteiger partial charge on any atom is -0.325 e. The summed E-state index contributed by atoms with van der Waals surface area (Å²) in [6.07, 6.45) is 1.49. The lowest BCUT2D eigenvalue weighted by Crippen LogP contribution is -2.50. The van der Waals surface area contributed by atoms with Gasteiger partial charge >= 0.3 is 0 Å². The average Bonchev–Trinajstić information content (AvgIpc) is 3.24. The standard InChI is InChI=1S/C26H33N5O3/c1-19-5-3-6-23(20(19)2)28-25(33)18-30-15-13-29(14-16-30)17-24(32)27-21-8-10-22(11-9-21)31-12-4-7-26(31)34/h3,5-6,8-11H,4,7,12-18H2,1-2H3,(H,27,32)(H,28,33). The Bertz CT molecular complexity index is 1040. The molecule has 34 heavy (non-hydrogen) atoms. The molecule has 2 heterocycles. The van der Waals surface area contributed by atoms with Gasteiger partial charge in [-0.15, -0.1) is 0 Å². The molecule has 3 amide bonds. The smallest absolute Gasteiger partial charge is 0.238 e. The molecule has 2 aromatic rings. The zero-order valence-corrected chi connectivity index (χ0v) is 20.0. The lowest BCUT2D eigenvalue weighted by molar-refractivity contribution is -0.120. The number of carbonyl (C=O) groups is 3.